The Hall–Kier alpha value is -0.840. The summed E-state index contributed by atoms with van der Waals surface area (Å²) in [5.74, 6) is 0.903. The van der Waals surface area contributed by atoms with Crippen molar-refractivity contribution < 1.29 is 9.52 Å². The van der Waals surface area contributed by atoms with E-state index in [9.17, 15) is 5.11 Å². The van der Waals surface area contributed by atoms with Crippen LogP contribution in [0.1, 0.15) is 38.0 Å². The first kappa shape index (κ1) is 12.6. The fourth-order valence-corrected chi connectivity index (χ4v) is 2.57. The van der Waals surface area contributed by atoms with E-state index in [0.29, 0.717) is 12.6 Å². The van der Waals surface area contributed by atoms with Gasteiger partial charge >= 0.3 is 0 Å². The fraction of sp³-hybridized carbons (Fsp3) is 0.692. The second-order valence-electron chi connectivity index (χ2n) is 4.87. The van der Waals surface area contributed by atoms with E-state index in [-0.39, 0.29) is 18.7 Å². The van der Waals surface area contributed by atoms with Gasteiger partial charge in [-0.25, -0.2) is 0 Å². The van der Waals surface area contributed by atoms with E-state index >= 15 is 0 Å². The van der Waals surface area contributed by atoms with Gasteiger partial charge in [0.05, 0.1) is 18.9 Å². The predicted octanol–water partition coefficient (Wildman–Crippen LogP) is 1.51. The van der Waals surface area contributed by atoms with Crippen LogP contribution in [0.15, 0.2) is 22.8 Å². The highest BCUT2D eigenvalue weighted by Gasteiger charge is 2.34. The van der Waals surface area contributed by atoms with Gasteiger partial charge in [0.25, 0.3) is 0 Å². The van der Waals surface area contributed by atoms with Crippen molar-refractivity contribution in [3.63, 3.8) is 0 Å². The Bertz CT molecular complexity index is 320. The summed E-state index contributed by atoms with van der Waals surface area (Å²) in [7, 11) is 0. The fourth-order valence-electron chi connectivity index (χ4n) is 2.57. The van der Waals surface area contributed by atoms with Gasteiger partial charge in [0.2, 0.25) is 0 Å². The molecule has 0 saturated heterocycles. The number of furan rings is 1. The maximum absolute atomic E-state index is 9.22. The van der Waals surface area contributed by atoms with Crippen molar-refractivity contribution in [1.29, 1.82) is 0 Å². The number of nitrogens with zero attached hydrogens (tertiary/aromatic N) is 1. The van der Waals surface area contributed by atoms with Crippen molar-refractivity contribution in [2.75, 3.05) is 13.2 Å². The second-order valence-corrected chi connectivity index (χ2v) is 4.87. The Labute approximate surface area is 102 Å². The Morgan fingerprint density at radius 2 is 2.35 bits per heavy atom. The maximum atomic E-state index is 9.22. The Kier molecular flexibility index (Phi) is 4.20. The average molecular weight is 238 g/mol. The van der Waals surface area contributed by atoms with E-state index in [1.807, 2.05) is 19.1 Å². The molecular weight excluding hydrogens is 216 g/mol. The van der Waals surface area contributed by atoms with E-state index < -0.39 is 0 Å². The number of nitrogens with two attached hydrogens (primary N) is 1. The zero-order valence-corrected chi connectivity index (χ0v) is 10.4. The first-order valence-corrected chi connectivity index (χ1v) is 6.39. The SMILES string of the molecule is CC(N)C(c1ccco1)N(CCO)C1CCC1. The first-order chi connectivity index (χ1) is 8.24. The van der Waals surface area contributed by atoms with Crippen LogP contribution in [0.2, 0.25) is 0 Å². The van der Waals surface area contributed by atoms with Crippen LogP contribution in [-0.4, -0.2) is 35.2 Å². The standard InChI is InChI=1S/C13H22N2O2/c1-10(14)13(12-6-3-9-17-12)15(7-8-16)11-4-2-5-11/h3,6,9-11,13,16H,2,4-5,7-8,14H2,1H3. The van der Waals surface area contributed by atoms with Gasteiger partial charge in [-0.2, -0.15) is 0 Å². The van der Waals surface area contributed by atoms with E-state index in [2.05, 4.69) is 4.90 Å². The molecule has 0 bridgehead atoms. The second kappa shape index (κ2) is 5.67. The largest absolute Gasteiger partial charge is 0.468 e. The summed E-state index contributed by atoms with van der Waals surface area (Å²) >= 11 is 0. The summed E-state index contributed by atoms with van der Waals surface area (Å²) in [6.07, 6.45) is 5.35. The molecule has 2 atom stereocenters. The predicted molar refractivity (Wildman–Crippen MR) is 66.5 cm³/mol. The van der Waals surface area contributed by atoms with Gasteiger partial charge in [-0.3, -0.25) is 4.90 Å². The Balaban J connectivity index is 2.16. The molecule has 1 aromatic rings. The minimum atomic E-state index is -0.00620. The topological polar surface area (TPSA) is 62.6 Å². The molecule has 1 aliphatic rings. The molecule has 1 heterocycles. The summed E-state index contributed by atoms with van der Waals surface area (Å²) < 4.78 is 5.50. The number of hydrogen-bond acceptors (Lipinski definition) is 4. The van der Waals surface area contributed by atoms with E-state index in [4.69, 9.17) is 10.2 Å². The van der Waals surface area contributed by atoms with Crippen molar-refractivity contribution in [2.45, 2.75) is 44.3 Å². The van der Waals surface area contributed by atoms with Crippen molar-refractivity contribution in [2.24, 2.45) is 5.73 Å². The quantitative estimate of drug-likeness (QED) is 0.788. The highest BCUT2D eigenvalue weighted by molar-refractivity contribution is 5.08. The lowest BCUT2D eigenvalue weighted by molar-refractivity contribution is 0.0411. The third kappa shape index (κ3) is 2.70. The highest BCUT2D eigenvalue weighted by Crippen LogP contribution is 2.33. The summed E-state index contributed by atoms with van der Waals surface area (Å²) in [5.41, 5.74) is 6.09. The maximum Gasteiger partial charge on any atom is 0.122 e. The van der Waals surface area contributed by atoms with Crippen molar-refractivity contribution in [3.05, 3.63) is 24.2 Å². The van der Waals surface area contributed by atoms with Crippen molar-refractivity contribution in [3.8, 4) is 0 Å². The van der Waals surface area contributed by atoms with Gasteiger partial charge in [-0.05, 0) is 31.9 Å². The molecule has 0 amide bonds. The molecule has 17 heavy (non-hydrogen) atoms. The molecule has 1 aromatic heterocycles. The molecular formula is C13H22N2O2. The summed E-state index contributed by atoms with van der Waals surface area (Å²) in [4.78, 5) is 2.30. The van der Waals surface area contributed by atoms with Crippen LogP contribution in [0.5, 0.6) is 0 Å². The lowest BCUT2D eigenvalue weighted by Crippen LogP contribution is -2.49. The van der Waals surface area contributed by atoms with Crippen LogP contribution in [-0.2, 0) is 0 Å². The smallest absolute Gasteiger partial charge is 0.122 e. The van der Waals surface area contributed by atoms with Crippen LogP contribution in [0.4, 0.5) is 0 Å². The first-order valence-electron chi connectivity index (χ1n) is 6.39. The Morgan fingerprint density at radius 3 is 2.76 bits per heavy atom. The Morgan fingerprint density at radius 1 is 1.59 bits per heavy atom. The van der Waals surface area contributed by atoms with Gasteiger partial charge in [0.15, 0.2) is 0 Å². The van der Waals surface area contributed by atoms with E-state index in [1.165, 1.54) is 19.3 Å². The zero-order valence-electron chi connectivity index (χ0n) is 10.4. The normalized spacial score (nSPS) is 20.2. The summed E-state index contributed by atoms with van der Waals surface area (Å²) in [5, 5.41) is 9.22. The van der Waals surface area contributed by atoms with Crippen LogP contribution in [0.3, 0.4) is 0 Å². The molecule has 1 aliphatic carbocycles. The van der Waals surface area contributed by atoms with Crippen LogP contribution < -0.4 is 5.73 Å². The molecule has 2 rings (SSSR count). The lowest BCUT2D eigenvalue weighted by atomic mass is 9.89. The molecule has 0 aromatic carbocycles. The molecule has 1 saturated carbocycles. The van der Waals surface area contributed by atoms with Gasteiger partial charge < -0.3 is 15.3 Å². The van der Waals surface area contributed by atoms with Crippen LogP contribution >= 0.6 is 0 Å². The monoisotopic (exact) mass is 238 g/mol. The average Bonchev–Trinajstić information content (AvgIpc) is 2.68. The molecule has 0 aliphatic heterocycles. The third-order valence-electron chi connectivity index (χ3n) is 3.59. The molecule has 0 radical (unpaired) electrons. The van der Waals surface area contributed by atoms with Gasteiger partial charge in [0, 0.05) is 18.6 Å². The van der Waals surface area contributed by atoms with E-state index in [1.54, 1.807) is 6.26 Å². The van der Waals surface area contributed by atoms with Crippen LogP contribution in [0.25, 0.3) is 0 Å². The molecule has 4 heteroatoms. The van der Waals surface area contributed by atoms with Gasteiger partial charge in [-0.1, -0.05) is 6.42 Å². The highest BCUT2D eigenvalue weighted by atomic mass is 16.3. The molecule has 4 nitrogen and oxygen atoms in total. The third-order valence-corrected chi connectivity index (χ3v) is 3.59. The van der Waals surface area contributed by atoms with Gasteiger partial charge in [-0.15, -0.1) is 0 Å². The lowest BCUT2D eigenvalue weighted by Gasteiger charge is -2.43. The summed E-state index contributed by atoms with van der Waals surface area (Å²) in [6.45, 7) is 2.83. The minimum Gasteiger partial charge on any atom is -0.468 e. The molecule has 3 N–H and O–H groups in total. The van der Waals surface area contributed by atoms with Crippen LogP contribution in [0, 0.1) is 0 Å². The van der Waals surface area contributed by atoms with Crippen molar-refractivity contribution >= 4 is 0 Å². The number of aliphatic hydroxyl groups excluding tert-OH is 1. The van der Waals surface area contributed by atoms with Gasteiger partial charge in [0.1, 0.15) is 5.76 Å². The number of aliphatic hydroxyl groups is 1. The number of rotatable bonds is 6. The zero-order chi connectivity index (χ0) is 12.3. The van der Waals surface area contributed by atoms with E-state index in [0.717, 1.165) is 5.76 Å². The van der Waals surface area contributed by atoms with Crippen molar-refractivity contribution in [1.82, 2.24) is 4.90 Å². The molecule has 1 fully saturated rings. The molecule has 2 unspecified atom stereocenters. The molecule has 96 valence electrons. The summed E-state index contributed by atoms with van der Waals surface area (Å²) in [6, 6.07) is 4.47. The minimum absolute atomic E-state index is 0.00620. The molecule has 0 spiro atoms. The number of hydrogen-bond donors (Lipinski definition) is 2.